The lowest BCUT2D eigenvalue weighted by Gasteiger charge is -2.37. The fourth-order valence-corrected chi connectivity index (χ4v) is 0.935. The zero-order valence-corrected chi connectivity index (χ0v) is 6.94. The first-order valence-electron chi connectivity index (χ1n) is 3.70. The van der Waals surface area contributed by atoms with E-state index in [9.17, 15) is 4.79 Å². The Morgan fingerprint density at radius 3 is 2.64 bits per heavy atom. The van der Waals surface area contributed by atoms with Gasteiger partial charge in [0.25, 0.3) is 0 Å². The Hall–Kier alpha value is -0.770. The lowest BCUT2D eigenvalue weighted by Crippen LogP contribution is -2.50. The Morgan fingerprint density at radius 2 is 2.27 bits per heavy atom. The average molecular weight is 158 g/mol. The molecule has 0 aromatic rings. The van der Waals surface area contributed by atoms with E-state index in [0.717, 1.165) is 13.2 Å². The lowest BCUT2D eigenvalue weighted by molar-refractivity contribution is -0.0975. The van der Waals surface area contributed by atoms with Crippen LogP contribution in [0.5, 0.6) is 0 Å². The van der Waals surface area contributed by atoms with Crippen molar-refractivity contribution in [2.45, 2.75) is 6.92 Å². The molecule has 0 saturated carbocycles. The monoisotopic (exact) mass is 158 g/mol. The highest BCUT2D eigenvalue weighted by Crippen LogP contribution is 2.24. The molecule has 0 aromatic heterocycles. The highest BCUT2D eigenvalue weighted by Gasteiger charge is 2.33. The van der Waals surface area contributed by atoms with Crippen LogP contribution in [0.15, 0.2) is 0 Å². The standard InChI is InChI=1S/C7H14N2O2/c1-7(4-11-5-7)3-9-6(10)8-2/h3-5H2,1-2H3,(H2,8,9,10). The number of hydrogen-bond donors (Lipinski definition) is 2. The van der Waals surface area contributed by atoms with E-state index in [1.54, 1.807) is 7.05 Å². The van der Waals surface area contributed by atoms with Crippen LogP contribution in [0.25, 0.3) is 0 Å². The Bertz CT molecular complexity index is 155. The van der Waals surface area contributed by atoms with Gasteiger partial charge < -0.3 is 15.4 Å². The maximum atomic E-state index is 10.7. The van der Waals surface area contributed by atoms with Crippen molar-refractivity contribution in [3.8, 4) is 0 Å². The zero-order chi connectivity index (χ0) is 8.32. The summed E-state index contributed by atoms with van der Waals surface area (Å²) in [6, 6.07) is -0.127. The van der Waals surface area contributed by atoms with Gasteiger partial charge >= 0.3 is 6.03 Å². The minimum absolute atomic E-state index is 0.127. The van der Waals surface area contributed by atoms with E-state index < -0.39 is 0 Å². The molecule has 1 aliphatic heterocycles. The smallest absolute Gasteiger partial charge is 0.314 e. The largest absolute Gasteiger partial charge is 0.380 e. The summed E-state index contributed by atoms with van der Waals surface area (Å²) >= 11 is 0. The molecule has 1 heterocycles. The molecule has 4 heteroatoms. The second kappa shape index (κ2) is 3.09. The molecule has 1 rings (SSSR count). The molecule has 0 unspecified atom stereocenters. The van der Waals surface area contributed by atoms with Gasteiger partial charge in [0, 0.05) is 19.0 Å². The Balaban J connectivity index is 2.16. The van der Waals surface area contributed by atoms with E-state index in [1.807, 2.05) is 0 Å². The zero-order valence-electron chi connectivity index (χ0n) is 6.94. The normalized spacial score (nSPS) is 20.2. The highest BCUT2D eigenvalue weighted by molar-refractivity contribution is 5.73. The minimum atomic E-state index is -0.127. The van der Waals surface area contributed by atoms with Crippen LogP contribution < -0.4 is 10.6 Å². The molecule has 0 aromatic carbocycles. The molecule has 0 spiro atoms. The maximum absolute atomic E-state index is 10.7. The quantitative estimate of drug-likeness (QED) is 0.592. The predicted molar refractivity (Wildman–Crippen MR) is 41.4 cm³/mol. The van der Waals surface area contributed by atoms with Crippen molar-refractivity contribution >= 4 is 6.03 Å². The third-order valence-electron chi connectivity index (χ3n) is 1.80. The summed E-state index contributed by atoms with van der Waals surface area (Å²) in [7, 11) is 1.61. The fraction of sp³-hybridized carbons (Fsp3) is 0.857. The van der Waals surface area contributed by atoms with E-state index in [2.05, 4.69) is 17.6 Å². The number of amides is 2. The van der Waals surface area contributed by atoms with Crippen molar-refractivity contribution in [3.63, 3.8) is 0 Å². The van der Waals surface area contributed by atoms with Crippen LogP contribution in [0.4, 0.5) is 4.79 Å². The second-order valence-electron chi connectivity index (χ2n) is 3.24. The molecule has 64 valence electrons. The number of urea groups is 1. The minimum Gasteiger partial charge on any atom is -0.380 e. The first kappa shape index (κ1) is 8.33. The van der Waals surface area contributed by atoms with Crippen LogP contribution in [0.1, 0.15) is 6.92 Å². The Kier molecular flexibility index (Phi) is 2.34. The third-order valence-corrected chi connectivity index (χ3v) is 1.80. The molecule has 1 fully saturated rings. The number of carbonyl (C=O) groups excluding carboxylic acids is 1. The number of nitrogens with one attached hydrogen (secondary N) is 2. The van der Waals surface area contributed by atoms with Crippen LogP contribution in [-0.4, -0.2) is 32.8 Å². The first-order chi connectivity index (χ1) is 5.16. The van der Waals surface area contributed by atoms with Crippen molar-refractivity contribution < 1.29 is 9.53 Å². The molecule has 0 atom stereocenters. The van der Waals surface area contributed by atoms with Gasteiger partial charge in [-0.05, 0) is 0 Å². The number of rotatable bonds is 2. The Labute approximate surface area is 66.3 Å². The SMILES string of the molecule is CNC(=O)NCC1(C)COC1. The van der Waals surface area contributed by atoms with Gasteiger partial charge in [-0.2, -0.15) is 0 Å². The number of ether oxygens (including phenoxy) is 1. The third kappa shape index (κ3) is 2.08. The van der Waals surface area contributed by atoms with Gasteiger partial charge in [0.1, 0.15) is 0 Å². The van der Waals surface area contributed by atoms with Crippen molar-refractivity contribution in [1.82, 2.24) is 10.6 Å². The topological polar surface area (TPSA) is 50.4 Å². The molecular formula is C7H14N2O2. The van der Waals surface area contributed by atoms with Gasteiger partial charge in [-0.1, -0.05) is 6.92 Å². The molecule has 2 N–H and O–H groups in total. The van der Waals surface area contributed by atoms with Gasteiger partial charge in [0.05, 0.1) is 13.2 Å². The molecule has 4 nitrogen and oxygen atoms in total. The summed E-state index contributed by atoms with van der Waals surface area (Å²) in [5.74, 6) is 0. The van der Waals surface area contributed by atoms with Crippen molar-refractivity contribution in [2.24, 2.45) is 5.41 Å². The van der Waals surface area contributed by atoms with Crippen LogP contribution in [-0.2, 0) is 4.74 Å². The second-order valence-corrected chi connectivity index (χ2v) is 3.24. The molecule has 1 aliphatic rings. The number of hydrogen-bond acceptors (Lipinski definition) is 2. The Morgan fingerprint density at radius 1 is 1.64 bits per heavy atom. The molecule has 1 saturated heterocycles. The molecule has 0 radical (unpaired) electrons. The summed E-state index contributed by atoms with van der Waals surface area (Å²) < 4.78 is 5.03. The molecule has 0 aliphatic carbocycles. The van der Waals surface area contributed by atoms with E-state index in [4.69, 9.17) is 4.74 Å². The van der Waals surface area contributed by atoms with Crippen LogP contribution in [0.2, 0.25) is 0 Å². The molecule has 11 heavy (non-hydrogen) atoms. The van der Waals surface area contributed by atoms with Crippen molar-refractivity contribution in [1.29, 1.82) is 0 Å². The lowest BCUT2D eigenvalue weighted by atomic mass is 9.89. The van der Waals surface area contributed by atoms with Gasteiger partial charge in [-0.25, -0.2) is 4.79 Å². The van der Waals surface area contributed by atoms with E-state index in [0.29, 0.717) is 6.54 Å². The molecular weight excluding hydrogens is 144 g/mol. The summed E-state index contributed by atoms with van der Waals surface area (Å²) in [5.41, 5.74) is 0.159. The van der Waals surface area contributed by atoms with Crippen LogP contribution in [0.3, 0.4) is 0 Å². The van der Waals surface area contributed by atoms with Gasteiger partial charge in [-0.15, -0.1) is 0 Å². The summed E-state index contributed by atoms with van der Waals surface area (Å²) in [6.07, 6.45) is 0. The van der Waals surface area contributed by atoms with Gasteiger partial charge in [0.2, 0.25) is 0 Å². The van der Waals surface area contributed by atoms with Crippen molar-refractivity contribution in [3.05, 3.63) is 0 Å². The molecule has 0 bridgehead atoms. The van der Waals surface area contributed by atoms with Crippen molar-refractivity contribution in [2.75, 3.05) is 26.8 Å². The van der Waals surface area contributed by atoms with Crippen LogP contribution >= 0.6 is 0 Å². The number of carbonyl (C=O) groups is 1. The molecule has 2 amide bonds. The summed E-state index contributed by atoms with van der Waals surface area (Å²) in [4.78, 5) is 10.7. The van der Waals surface area contributed by atoms with Crippen LogP contribution in [0, 0.1) is 5.41 Å². The average Bonchev–Trinajstić information content (AvgIpc) is 1.96. The highest BCUT2D eigenvalue weighted by atomic mass is 16.5. The first-order valence-corrected chi connectivity index (χ1v) is 3.70. The van der Waals surface area contributed by atoms with Gasteiger partial charge in [-0.3, -0.25) is 0 Å². The van der Waals surface area contributed by atoms with Gasteiger partial charge in [0.15, 0.2) is 0 Å². The predicted octanol–water partition coefficient (Wildman–Crippen LogP) is -0.0481. The fourth-order valence-electron chi connectivity index (χ4n) is 0.935. The maximum Gasteiger partial charge on any atom is 0.314 e. The summed E-state index contributed by atoms with van der Waals surface area (Å²) in [6.45, 7) is 4.27. The van der Waals surface area contributed by atoms with E-state index in [1.165, 1.54) is 0 Å². The van der Waals surface area contributed by atoms with E-state index >= 15 is 0 Å². The summed E-state index contributed by atoms with van der Waals surface area (Å²) in [5, 5.41) is 5.24. The van der Waals surface area contributed by atoms with E-state index in [-0.39, 0.29) is 11.4 Å².